The Balaban J connectivity index is 0.811. The van der Waals surface area contributed by atoms with Gasteiger partial charge < -0.3 is 15.1 Å². The number of nitriles is 1. The summed E-state index contributed by atoms with van der Waals surface area (Å²) in [7, 11) is 1.65. The summed E-state index contributed by atoms with van der Waals surface area (Å²) in [6.07, 6.45) is -1.33. The van der Waals surface area contributed by atoms with Gasteiger partial charge in [-0.1, -0.05) is 0 Å². The minimum Gasteiger partial charge on any atom is -0.371 e. The first-order chi connectivity index (χ1) is 29.7. The van der Waals surface area contributed by atoms with Gasteiger partial charge in [0.2, 0.25) is 11.8 Å². The number of aromatic nitrogens is 2. The van der Waals surface area contributed by atoms with Crippen LogP contribution in [0.1, 0.15) is 76.8 Å². The third kappa shape index (κ3) is 6.97. The number of halogens is 3. The van der Waals surface area contributed by atoms with Crippen LogP contribution in [0.3, 0.4) is 0 Å². The first kappa shape index (κ1) is 40.9. The second kappa shape index (κ2) is 15.5. The van der Waals surface area contributed by atoms with Gasteiger partial charge in [-0.05, 0) is 99.0 Å². The SMILES string of the molecule is Cn1c(=O)n(C2(C(=O)Nc3ccc(C#N)c(C(F)(F)F)c3)CCC2)c2ccc(N3CCC(CN4CCN(c5ccc6c(c5)C(=O)N(C5CCC(=O)NC5=O)C6=O)CC4)CC3)cc21. The fourth-order valence-corrected chi connectivity index (χ4v) is 9.78. The summed E-state index contributed by atoms with van der Waals surface area (Å²) in [6.45, 7) is 5.73. The molecule has 2 N–H and O–H groups in total. The molecule has 322 valence electrons. The van der Waals surface area contributed by atoms with Crippen molar-refractivity contribution in [2.45, 2.75) is 62.7 Å². The van der Waals surface area contributed by atoms with Gasteiger partial charge in [-0.25, -0.2) is 4.79 Å². The van der Waals surface area contributed by atoms with Gasteiger partial charge in [-0.2, -0.15) is 18.4 Å². The molecule has 5 heterocycles. The molecular weight excluding hydrogens is 808 g/mol. The molecule has 4 fully saturated rings. The third-order valence-corrected chi connectivity index (χ3v) is 13.4. The summed E-state index contributed by atoms with van der Waals surface area (Å²) in [4.78, 5) is 86.2. The van der Waals surface area contributed by atoms with Crippen LogP contribution in [0.15, 0.2) is 59.4 Å². The number of anilines is 3. The summed E-state index contributed by atoms with van der Waals surface area (Å²) < 4.78 is 44.0. The molecule has 1 saturated carbocycles. The Morgan fingerprint density at radius 2 is 1.52 bits per heavy atom. The molecule has 0 bridgehead atoms. The summed E-state index contributed by atoms with van der Waals surface area (Å²) in [5, 5.41) is 14.0. The molecule has 18 heteroatoms. The average molecular weight is 852 g/mol. The van der Waals surface area contributed by atoms with Gasteiger partial charge >= 0.3 is 11.9 Å². The largest absolute Gasteiger partial charge is 0.417 e. The fourth-order valence-electron chi connectivity index (χ4n) is 9.78. The van der Waals surface area contributed by atoms with Crippen LogP contribution in [0.2, 0.25) is 0 Å². The van der Waals surface area contributed by atoms with Crippen LogP contribution in [0.4, 0.5) is 30.2 Å². The third-order valence-electron chi connectivity index (χ3n) is 13.4. The number of alkyl halides is 3. The number of fused-ring (bicyclic) bond motifs is 2. The molecule has 0 radical (unpaired) electrons. The number of imidazole rings is 1. The Bertz CT molecular complexity index is 2650. The van der Waals surface area contributed by atoms with Gasteiger partial charge in [0.1, 0.15) is 11.6 Å². The summed E-state index contributed by atoms with van der Waals surface area (Å²) in [6, 6.07) is 14.6. The number of nitrogens with one attached hydrogen (secondary N) is 2. The highest BCUT2D eigenvalue weighted by molar-refractivity contribution is 6.23. The summed E-state index contributed by atoms with van der Waals surface area (Å²) >= 11 is 0. The van der Waals surface area contributed by atoms with Gasteiger partial charge in [0.25, 0.3) is 17.7 Å². The molecule has 9 rings (SSSR count). The standard InChI is InChI=1S/C44H44F3N9O6/c1-51-36-23-30(6-8-34(36)56(42(51)62)43(13-2-14-43)41(61)49-28-4-3-27(24-48)33(21-28)44(45,46)47)53-15-11-26(12-16-53)25-52-17-19-54(20-18-52)29-5-7-31-32(22-29)40(60)55(39(31)59)35-9-10-37(57)50-38(35)58/h3-8,21-23,26,35H,2,9-20,25H2,1H3,(H,49,61)(H,50,57,58). The Hall–Kier alpha value is -6.48. The van der Waals surface area contributed by atoms with E-state index in [1.54, 1.807) is 25.2 Å². The molecular formula is C44H44F3N9O6. The summed E-state index contributed by atoms with van der Waals surface area (Å²) in [5.74, 6) is -2.20. The first-order valence-electron chi connectivity index (χ1n) is 20.9. The van der Waals surface area contributed by atoms with Crippen LogP contribution >= 0.6 is 0 Å². The number of rotatable bonds is 8. The van der Waals surface area contributed by atoms with E-state index in [4.69, 9.17) is 0 Å². The number of carbonyl (C=O) groups is 5. The molecule has 1 aliphatic carbocycles. The number of carbonyl (C=O) groups excluding carboxylic acids is 5. The van der Waals surface area contributed by atoms with Gasteiger partial charge in [0.15, 0.2) is 0 Å². The molecule has 5 amide bonds. The van der Waals surface area contributed by atoms with E-state index in [2.05, 4.69) is 25.3 Å². The van der Waals surface area contributed by atoms with E-state index in [-0.39, 0.29) is 29.7 Å². The lowest BCUT2D eigenvalue weighted by molar-refractivity contribution is -0.138. The second-order valence-electron chi connectivity index (χ2n) is 17.0. The van der Waals surface area contributed by atoms with Crippen molar-refractivity contribution < 1.29 is 37.1 Å². The Morgan fingerprint density at radius 3 is 2.18 bits per heavy atom. The number of hydrogen-bond acceptors (Lipinski definition) is 10. The van der Waals surface area contributed by atoms with E-state index >= 15 is 0 Å². The Labute approximate surface area is 353 Å². The van der Waals surface area contributed by atoms with Gasteiger partial charge in [-0.15, -0.1) is 0 Å². The van der Waals surface area contributed by atoms with Crippen molar-refractivity contribution in [3.63, 3.8) is 0 Å². The maximum Gasteiger partial charge on any atom is 0.417 e. The maximum atomic E-state index is 13.9. The van der Waals surface area contributed by atoms with Crippen LogP contribution in [-0.4, -0.2) is 100 Å². The number of nitrogens with zero attached hydrogens (tertiary/aromatic N) is 7. The highest BCUT2D eigenvalue weighted by Gasteiger charge is 2.49. The zero-order valence-electron chi connectivity index (χ0n) is 34.0. The van der Waals surface area contributed by atoms with Crippen LogP contribution < -0.4 is 26.1 Å². The molecule has 0 spiro atoms. The van der Waals surface area contributed by atoms with Crippen LogP contribution in [0, 0.1) is 17.2 Å². The minimum atomic E-state index is -4.79. The number of benzene rings is 3. The van der Waals surface area contributed by atoms with E-state index in [0.717, 1.165) is 87.1 Å². The molecule has 15 nitrogen and oxygen atoms in total. The van der Waals surface area contributed by atoms with E-state index < -0.39 is 64.1 Å². The maximum absolute atomic E-state index is 13.9. The molecule has 5 aliphatic rings. The van der Waals surface area contributed by atoms with Gasteiger partial charge in [0, 0.05) is 76.3 Å². The molecule has 1 aromatic heterocycles. The van der Waals surface area contributed by atoms with Gasteiger partial charge in [-0.3, -0.25) is 48.2 Å². The highest BCUT2D eigenvalue weighted by Crippen LogP contribution is 2.43. The van der Waals surface area contributed by atoms with Crippen LogP contribution in [0.25, 0.3) is 11.0 Å². The average Bonchev–Trinajstić information content (AvgIpc) is 3.63. The van der Waals surface area contributed by atoms with E-state index in [9.17, 15) is 47.2 Å². The highest BCUT2D eigenvalue weighted by atomic mass is 19.4. The van der Waals surface area contributed by atoms with E-state index in [1.165, 1.54) is 15.2 Å². The molecule has 4 aromatic rings. The number of piperidine rings is 2. The zero-order chi connectivity index (χ0) is 43.7. The van der Waals surface area contributed by atoms with Crippen molar-refractivity contribution in [3.05, 3.63) is 87.3 Å². The Morgan fingerprint density at radius 1 is 0.839 bits per heavy atom. The van der Waals surface area contributed by atoms with Gasteiger partial charge in [0.05, 0.1) is 39.4 Å². The topological polar surface area (TPSA) is 173 Å². The molecule has 4 aliphatic heterocycles. The van der Waals surface area contributed by atoms with Crippen molar-refractivity contribution in [2.75, 3.05) is 60.9 Å². The van der Waals surface area contributed by atoms with Crippen molar-refractivity contribution in [3.8, 4) is 6.07 Å². The smallest absolute Gasteiger partial charge is 0.371 e. The van der Waals surface area contributed by atoms with E-state index in [0.29, 0.717) is 36.2 Å². The lowest BCUT2D eigenvalue weighted by Crippen LogP contribution is -2.54. The lowest BCUT2D eigenvalue weighted by atomic mass is 9.75. The van der Waals surface area contributed by atoms with E-state index in [1.807, 2.05) is 24.3 Å². The molecule has 1 atom stereocenters. The van der Waals surface area contributed by atoms with Crippen molar-refractivity contribution in [1.82, 2.24) is 24.3 Å². The van der Waals surface area contributed by atoms with Crippen molar-refractivity contribution in [1.29, 1.82) is 5.26 Å². The lowest BCUT2D eigenvalue weighted by Gasteiger charge is -2.41. The molecule has 3 aromatic carbocycles. The normalized spacial score (nSPS) is 20.9. The van der Waals surface area contributed by atoms with Crippen LogP contribution in [-0.2, 0) is 33.1 Å². The van der Waals surface area contributed by atoms with Crippen molar-refractivity contribution in [2.24, 2.45) is 13.0 Å². The molecule has 62 heavy (non-hydrogen) atoms. The van der Waals surface area contributed by atoms with Crippen LogP contribution in [0.5, 0.6) is 0 Å². The Kier molecular flexibility index (Phi) is 10.2. The number of aryl methyl sites for hydroxylation is 1. The predicted molar refractivity (Wildman–Crippen MR) is 220 cm³/mol. The molecule has 3 saturated heterocycles. The summed E-state index contributed by atoms with van der Waals surface area (Å²) in [5.41, 5.74) is 0.0635. The number of imide groups is 2. The molecule has 1 unspecified atom stereocenters. The fraction of sp³-hybridized carbons (Fsp3) is 0.432. The quantitative estimate of drug-likeness (QED) is 0.245. The van der Waals surface area contributed by atoms with Crippen molar-refractivity contribution >= 4 is 57.6 Å². The predicted octanol–water partition coefficient (Wildman–Crippen LogP) is 4.19. The number of piperazine rings is 1. The number of hydrogen-bond donors (Lipinski definition) is 2. The second-order valence-corrected chi connectivity index (χ2v) is 17.0. The number of amides is 5. The first-order valence-corrected chi connectivity index (χ1v) is 20.9. The zero-order valence-corrected chi connectivity index (χ0v) is 34.0. The monoisotopic (exact) mass is 851 g/mol. The minimum absolute atomic E-state index is 0.0641.